The average Bonchev–Trinajstić information content (AvgIpc) is 3.50. The molecule has 1 saturated heterocycles. The third-order valence-electron chi connectivity index (χ3n) is 5.53. The van der Waals surface area contributed by atoms with Gasteiger partial charge in [-0.05, 0) is 38.3 Å². The molecule has 0 spiro atoms. The Kier molecular flexibility index (Phi) is 5.23. The van der Waals surface area contributed by atoms with Gasteiger partial charge in [-0.25, -0.2) is 0 Å². The molecule has 1 amide bonds. The van der Waals surface area contributed by atoms with Gasteiger partial charge < -0.3 is 9.80 Å². The molecule has 0 radical (unpaired) electrons. The summed E-state index contributed by atoms with van der Waals surface area (Å²) in [6, 6.07) is 5.00. The van der Waals surface area contributed by atoms with Crippen LogP contribution in [0.1, 0.15) is 31.7 Å². The van der Waals surface area contributed by atoms with E-state index in [1.165, 1.54) is 12.1 Å². The van der Waals surface area contributed by atoms with Crippen LogP contribution in [-0.2, 0) is 17.5 Å². The summed E-state index contributed by atoms with van der Waals surface area (Å²) in [7, 11) is 0. The number of nitrogens with zero attached hydrogens (tertiary/aromatic N) is 5. The van der Waals surface area contributed by atoms with Crippen molar-refractivity contribution < 1.29 is 18.0 Å². The molecule has 2 aliphatic rings. The summed E-state index contributed by atoms with van der Waals surface area (Å²) >= 11 is 0. The van der Waals surface area contributed by atoms with E-state index < -0.39 is 11.7 Å². The normalized spacial score (nSPS) is 18.1. The summed E-state index contributed by atoms with van der Waals surface area (Å²) in [4.78, 5) is 16.4. The summed E-state index contributed by atoms with van der Waals surface area (Å²) < 4.78 is 40.4. The molecule has 4 rings (SSSR count). The van der Waals surface area contributed by atoms with Crippen LogP contribution in [0.5, 0.6) is 0 Å². The monoisotopic (exact) mass is 407 g/mol. The Hall–Kier alpha value is -2.58. The Bertz CT molecular complexity index is 873. The lowest BCUT2D eigenvalue weighted by atomic mass is 10.1. The summed E-state index contributed by atoms with van der Waals surface area (Å²) in [6.07, 6.45) is -1.51. The van der Waals surface area contributed by atoms with Crippen molar-refractivity contribution in [3.05, 3.63) is 29.8 Å². The number of benzene rings is 1. The maximum absolute atomic E-state index is 12.8. The molecule has 6 nitrogen and oxygen atoms in total. The standard InChI is InChI=1S/C20H24F3N5O/c1-2-28-17(14-6-8-16(9-7-14)20(21,22)23)24-25-19(28)27-11-3-10-26(12-13-27)18(29)15-4-5-15/h6-9,15H,2-5,10-13H2,1H3. The Morgan fingerprint density at radius 2 is 1.79 bits per heavy atom. The van der Waals surface area contributed by atoms with Crippen LogP contribution >= 0.6 is 0 Å². The number of hydrogen-bond donors (Lipinski definition) is 0. The maximum Gasteiger partial charge on any atom is 0.416 e. The van der Waals surface area contributed by atoms with Gasteiger partial charge in [-0.15, -0.1) is 10.2 Å². The van der Waals surface area contributed by atoms with Crippen LogP contribution < -0.4 is 4.90 Å². The van der Waals surface area contributed by atoms with E-state index in [2.05, 4.69) is 15.1 Å². The van der Waals surface area contributed by atoms with Crippen LogP contribution in [0, 0.1) is 5.92 Å². The fraction of sp³-hybridized carbons (Fsp3) is 0.550. The third kappa shape index (κ3) is 4.09. The number of rotatable bonds is 4. The first-order chi connectivity index (χ1) is 13.9. The van der Waals surface area contributed by atoms with Gasteiger partial charge in [0.1, 0.15) is 0 Å². The molecule has 156 valence electrons. The van der Waals surface area contributed by atoms with Crippen molar-refractivity contribution in [1.82, 2.24) is 19.7 Å². The van der Waals surface area contributed by atoms with E-state index in [1.807, 2.05) is 16.4 Å². The minimum Gasteiger partial charge on any atom is -0.341 e. The fourth-order valence-corrected chi connectivity index (χ4v) is 3.77. The Labute approximate surface area is 167 Å². The molecule has 1 aromatic carbocycles. The van der Waals surface area contributed by atoms with Gasteiger partial charge in [0.2, 0.25) is 11.9 Å². The molecule has 1 aromatic heterocycles. The zero-order valence-corrected chi connectivity index (χ0v) is 16.3. The number of carbonyl (C=O) groups excluding carboxylic acids is 1. The summed E-state index contributed by atoms with van der Waals surface area (Å²) in [5.41, 5.74) is -0.0871. The van der Waals surface area contributed by atoms with Crippen LogP contribution in [0.4, 0.5) is 19.1 Å². The Balaban J connectivity index is 1.53. The molecule has 1 aliphatic heterocycles. The van der Waals surface area contributed by atoms with E-state index >= 15 is 0 Å². The van der Waals surface area contributed by atoms with Gasteiger partial charge in [0.05, 0.1) is 5.56 Å². The Morgan fingerprint density at radius 1 is 1.07 bits per heavy atom. The van der Waals surface area contributed by atoms with Gasteiger partial charge in [0, 0.05) is 44.2 Å². The van der Waals surface area contributed by atoms with Crippen molar-refractivity contribution in [3.63, 3.8) is 0 Å². The van der Waals surface area contributed by atoms with E-state index in [0.29, 0.717) is 37.0 Å². The van der Waals surface area contributed by atoms with Gasteiger partial charge in [-0.3, -0.25) is 9.36 Å². The predicted molar refractivity (Wildman–Crippen MR) is 102 cm³/mol. The smallest absolute Gasteiger partial charge is 0.341 e. The Morgan fingerprint density at radius 3 is 2.41 bits per heavy atom. The fourth-order valence-electron chi connectivity index (χ4n) is 3.77. The van der Waals surface area contributed by atoms with Crippen LogP contribution in [0.2, 0.25) is 0 Å². The number of aromatic nitrogens is 3. The van der Waals surface area contributed by atoms with Gasteiger partial charge in [-0.2, -0.15) is 13.2 Å². The first-order valence-electron chi connectivity index (χ1n) is 10.0. The van der Waals surface area contributed by atoms with Crippen molar-refractivity contribution in [2.24, 2.45) is 5.92 Å². The van der Waals surface area contributed by atoms with Gasteiger partial charge in [0.25, 0.3) is 0 Å². The van der Waals surface area contributed by atoms with E-state index in [9.17, 15) is 18.0 Å². The second-order valence-electron chi connectivity index (χ2n) is 7.58. The molecule has 0 N–H and O–H groups in total. The SMILES string of the molecule is CCn1c(-c2ccc(C(F)(F)F)cc2)nnc1N1CCCN(C(=O)C2CC2)CC1. The number of anilines is 1. The van der Waals surface area contributed by atoms with Crippen LogP contribution in [0.25, 0.3) is 11.4 Å². The number of carbonyl (C=O) groups is 1. The molecule has 0 atom stereocenters. The van der Waals surface area contributed by atoms with E-state index in [0.717, 1.165) is 44.5 Å². The highest BCUT2D eigenvalue weighted by Gasteiger charge is 2.34. The highest BCUT2D eigenvalue weighted by Crippen LogP contribution is 2.32. The second kappa shape index (κ2) is 7.68. The molecule has 1 saturated carbocycles. The summed E-state index contributed by atoms with van der Waals surface area (Å²) in [5.74, 6) is 1.72. The lowest BCUT2D eigenvalue weighted by Crippen LogP contribution is -2.36. The molecule has 9 heteroatoms. The molecular weight excluding hydrogens is 383 g/mol. The van der Waals surface area contributed by atoms with Gasteiger partial charge >= 0.3 is 6.18 Å². The molecular formula is C20H24F3N5O. The summed E-state index contributed by atoms with van der Waals surface area (Å²) in [5, 5.41) is 8.59. The van der Waals surface area contributed by atoms with Crippen molar-refractivity contribution >= 4 is 11.9 Å². The zero-order valence-electron chi connectivity index (χ0n) is 16.3. The molecule has 1 aliphatic carbocycles. The average molecular weight is 407 g/mol. The van der Waals surface area contributed by atoms with Crippen LogP contribution in [0.3, 0.4) is 0 Å². The molecule has 2 aromatic rings. The van der Waals surface area contributed by atoms with E-state index in [-0.39, 0.29) is 11.8 Å². The first kappa shape index (κ1) is 19.7. The van der Waals surface area contributed by atoms with E-state index in [1.54, 1.807) is 0 Å². The molecule has 0 bridgehead atoms. The van der Waals surface area contributed by atoms with Crippen molar-refractivity contribution in [2.45, 2.75) is 38.9 Å². The maximum atomic E-state index is 12.8. The zero-order chi connectivity index (χ0) is 20.6. The number of alkyl halides is 3. The molecule has 2 heterocycles. The first-order valence-corrected chi connectivity index (χ1v) is 10.0. The van der Waals surface area contributed by atoms with Crippen molar-refractivity contribution in [1.29, 1.82) is 0 Å². The molecule has 2 fully saturated rings. The van der Waals surface area contributed by atoms with Crippen molar-refractivity contribution in [3.8, 4) is 11.4 Å². The quantitative estimate of drug-likeness (QED) is 0.779. The van der Waals surface area contributed by atoms with Crippen LogP contribution in [0.15, 0.2) is 24.3 Å². The van der Waals surface area contributed by atoms with Gasteiger partial charge in [0.15, 0.2) is 5.82 Å². The topological polar surface area (TPSA) is 54.3 Å². The molecule has 0 unspecified atom stereocenters. The lowest BCUT2D eigenvalue weighted by Gasteiger charge is -2.23. The predicted octanol–water partition coefficient (Wildman–Crippen LogP) is 3.43. The third-order valence-corrected chi connectivity index (χ3v) is 5.53. The largest absolute Gasteiger partial charge is 0.416 e. The second-order valence-corrected chi connectivity index (χ2v) is 7.58. The minimum absolute atomic E-state index is 0.215. The highest BCUT2D eigenvalue weighted by atomic mass is 19.4. The number of amides is 1. The highest BCUT2D eigenvalue weighted by molar-refractivity contribution is 5.81. The number of hydrogen-bond acceptors (Lipinski definition) is 4. The van der Waals surface area contributed by atoms with E-state index in [4.69, 9.17) is 0 Å². The summed E-state index contributed by atoms with van der Waals surface area (Å²) in [6.45, 7) is 5.39. The lowest BCUT2D eigenvalue weighted by molar-refractivity contribution is -0.137. The minimum atomic E-state index is -4.36. The van der Waals surface area contributed by atoms with Crippen LogP contribution in [-0.4, -0.2) is 51.8 Å². The number of halogens is 3. The van der Waals surface area contributed by atoms with Crippen molar-refractivity contribution in [2.75, 3.05) is 31.1 Å². The molecule has 29 heavy (non-hydrogen) atoms. The van der Waals surface area contributed by atoms with Gasteiger partial charge in [-0.1, -0.05) is 12.1 Å².